The normalized spacial score (nSPS) is 11.1. The van der Waals surface area contributed by atoms with Crippen LogP contribution in [0, 0.1) is 0 Å². The van der Waals surface area contributed by atoms with Crippen molar-refractivity contribution in [2.45, 2.75) is 19.9 Å². The predicted molar refractivity (Wildman–Crippen MR) is 109 cm³/mol. The van der Waals surface area contributed by atoms with Gasteiger partial charge in [-0.05, 0) is 32.0 Å². The second kappa shape index (κ2) is 7.11. The number of aromatic nitrogens is 5. The molecule has 7 heteroatoms. The lowest BCUT2D eigenvalue weighted by Gasteiger charge is -2.15. The van der Waals surface area contributed by atoms with Crippen molar-refractivity contribution < 1.29 is 0 Å². The Morgan fingerprint density at radius 2 is 1.61 bits per heavy atom. The summed E-state index contributed by atoms with van der Waals surface area (Å²) >= 11 is 0. The van der Waals surface area contributed by atoms with Gasteiger partial charge in [-0.3, -0.25) is 4.79 Å². The molecule has 0 spiro atoms. The Labute approximate surface area is 162 Å². The van der Waals surface area contributed by atoms with Crippen LogP contribution in [0.25, 0.3) is 28.5 Å². The lowest BCUT2D eigenvalue weighted by molar-refractivity contribution is 0.504. The van der Waals surface area contributed by atoms with Gasteiger partial charge in [0.05, 0.1) is 6.04 Å². The van der Waals surface area contributed by atoms with Gasteiger partial charge < -0.3 is 10.3 Å². The molecule has 28 heavy (non-hydrogen) atoms. The highest BCUT2D eigenvalue weighted by molar-refractivity contribution is 5.78. The zero-order valence-electron chi connectivity index (χ0n) is 15.6. The standard InChI is InChI=1S/C21H20N6O/c1-14(2)27-17(28)11-10-16(25-27)19-18(15-8-4-3-5-9-15)23-20(22)21(24-19)26-12-6-7-13-26/h3-14H,1-2H3,(H2,22,23). The number of benzene rings is 1. The summed E-state index contributed by atoms with van der Waals surface area (Å²) in [5, 5.41) is 4.53. The van der Waals surface area contributed by atoms with Crippen LogP contribution in [0.2, 0.25) is 0 Å². The van der Waals surface area contributed by atoms with E-state index in [4.69, 9.17) is 10.7 Å². The second-order valence-electron chi connectivity index (χ2n) is 6.68. The third-order valence-corrected chi connectivity index (χ3v) is 4.36. The maximum atomic E-state index is 12.1. The Morgan fingerprint density at radius 3 is 2.29 bits per heavy atom. The van der Waals surface area contributed by atoms with Crippen molar-refractivity contribution in [3.63, 3.8) is 0 Å². The van der Waals surface area contributed by atoms with E-state index < -0.39 is 0 Å². The first-order valence-electron chi connectivity index (χ1n) is 9.01. The molecule has 3 heterocycles. The van der Waals surface area contributed by atoms with Crippen molar-refractivity contribution >= 4 is 5.82 Å². The van der Waals surface area contributed by atoms with Crippen molar-refractivity contribution in [3.05, 3.63) is 77.3 Å². The van der Waals surface area contributed by atoms with Crippen LogP contribution in [0.15, 0.2) is 71.8 Å². The number of hydrogen-bond donors (Lipinski definition) is 1. The first-order valence-corrected chi connectivity index (χ1v) is 9.01. The van der Waals surface area contributed by atoms with Gasteiger partial charge in [-0.15, -0.1) is 0 Å². The lowest BCUT2D eigenvalue weighted by atomic mass is 10.1. The molecule has 2 N–H and O–H groups in total. The fraction of sp³-hybridized carbons (Fsp3) is 0.143. The predicted octanol–water partition coefficient (Wildman–Crippen LogP) is 3.32. The van der Waals surface area contributed by atoms with E-state index in [-0.39, 0.29) is 11.6 Å². The molecule has 1 aromatic carbocycles. The van der Waals surface area contributed by atoms with Crippen LogP contribution in [0.3, 0.4) is 0 Å². The largest absolute Gasteiger partial charge is 0.381 e. The molecule has 0 radical (unpaired) electrons. The first-order chi connectivity index (χ1) is 13.5. The van der Waals surface area contributed by atoms with E-state index in [1.54, 1.807) is 10.6 Å². The van der Waals surface area contributed by atoms with Crippen molar-refractivity contribution in [3.8, 4) is 28.5 Å². The molecular weight excluding hydrogens is 352 g/mol. The minimum absolute atomic E-state index is 0.0710. The third kappa shape index (κ3) is 3.18. The molecule has 0 aliphatic heterocycles. The summed E-state index contributed by atoms with van der Waals surface area (Å²) in [6.07, 6.45) is 3.71. The summed E-state index contributed by atoms with van der Waals surface area (Å²) < 4.78 is 3.25. The highest BCUT2D eigenvalue weighted by Crippen LogP contribution is 2.30. The smallest absolute Gasteiger partial charge is 0.267 e. The molecule has 0 unspecified atom stereocenters. The Hall–Kier alpha value is -3.74. The third-order valence-electron chi connectivity index (χ3n) is 4.36. The number of hydrogen-bond acceptors (Lipinski definition) is 5. The number of nitrogens with zero attached hydrogens (tertiary/aromatic N) is 5. The fourth-order valence-corrected chi connectivity index (χ4v) is 3.00. The van der Waals surface area contributed by atoms with E-state index >= 15 is 0 Å². The average molecular weight is 372 g/mol. The summed E-state index contributed by atoms with van der Waals surface area (Å²) in [7, 11) is 0. The van der Waals surface area contributed by atoms with Crippen LogP contribution in [0.1, 0.15) is 19.9 Å². The van der Waals surface area contributed by atoms with Gasteiger partial charge in [0.1, 0.15) is 17.1 Å². The van der Waals surface area contributed by atoms with Gasteiger partial charge in [0.2, 0.25) is 0 Å². The minimum atomic E-state index is -0.158. The van der Waals surface area contributed by atoms with Gasteiger partial charge in [-0.25, -0.2) is 14.6 Å². The fourth-order valence-electron chi connectivity index (χ4n) is 3.00. The van der Waals surface area contributed by atoms with E-state index in [9.17, 15) is 4.79 Å². The van der Waals surface area contributed by atoms with Crippen molar-refractivity contribution in [1.82, 2.24) is 24.3 Å². The molecule has 0 saturated heterocycles. The van der Waals surface area contributed by atoms with E-state index in [0.717, 1.165) is 5.56 Å². The van der Waals surface area contributed by atoms with Crippen molar-refractivity contribution in [1.29, 1.82) is 0 Å². The van der Waals surface area contributed by atoms with Gasteiger partial charge in [0.25, 0.3) is 5.56 Å². The monoisotopic (exact) mass is 372 g/mol. The number of anilines is 1. The van der Waals surface area contributed by atoms with Gasteiger partial charge in [0, 0.05) is 24.0 Å². The average Bonchev–Trinajstić information content (AvgIpc) is 3.23. The van der Waals surface area contributed by atoms with Gasteiger partial charge in [-0.1, -0.05) is 30.3 Å². The molecular formula is C21H20N6O. The molecule has 4 aromatic rings. The van der Waals surface area contributed by atoms with Crippen LogP contribution in [-0.4, -0.2) is 24.3 Å². The molecule has 0 aliphatic rings. The van der Waals surface area contributed by atoms with Crippen LogP contribution < -0.4 is 11.3 Å². The Kier molecular flexibility index (Phi) is 4.49. The summed E-state index contributed by atoms with van der Waals surface area (Å²) in [4.78, 5) is 21.6. The number of nitrogen functional groups attached to an aromatic ring is 1. The molecule has 0 saturated carbocycles. The maximum Gasteiger partial charge on any atom is 0.267 e. The Balaban J connectivity index is 2.00. The molecule has 0 atom stereocenters. The molecule has 0 fully saturated rings. The molecule has 7 nitrogen and oxygen atoms in total. The summed E-state index contributed by atoms with van der Waals surface area (Å²) in [6.45, 7) is 3.83. The summed E-state index contributed by atoms with van der Waals surface area (Å²) in [5.41, 5.74) is 8.70. The highest BCUT2D eigenvalue weighted by atomic mass is 16.1. The zero-order valence-corrected chi connectivity index (χ0v) is 15.6. The van der Waals surface area contributed by atoms with Crippen LogP contribution in [0.4, 0.5) is 5.82 Å². The molecule has 140 valence electrons. The molecule has 3 aromatic heterocycles. The van der Waals surface area contributed by atoms with E-state index in [1.165, 1.54) is 10.7 Å². The quantitative estimate of drug-likeness (QED) is 0.593. The van der Waals surface area contributed by atoms with Gasteiger partial charge >= 0.3 is 0 Å². The second-order valence-corrected chi connectivity index (χ2v) is 6.68. The topological polar surface area (TPSA) is 91.6 Å². The van der Waals surface area contributed by atoms with E-state index in [2.05, 4.69) is 10.1 Å². The van der Waals surface area contributed by atoms with Crippen LogP contribution in [0.5, 0.6) is 0 Å². The van der Waals surface area contributed by atoms with Gasteiger partial charge in [0.15, 0.2) is 11.6 Å². The van der Waals surface area contributed by atoms with Crippen molar-refractivity contribution in [2.75, 3.05) is 5.73 Å². The van der Waals surface area contributed by atoms with Gasteiger partial charge in [-0.2, -0.15) is 5.10 Å². The highest BCUT2D eigenvalue weighted by Gasteiger charge is 2.18. The number of nitrogens with two attached hydrogens (primary N) is 1. The van der Waals surface area contributed by atoms with E-state index in [0.29, 0.717) is 28.7 Å². The number of rotatable bonds is 4. The molecule has 0 bridgehead atoms. The van der Waals surface area contributed by atoms with Crippen LogP contribution >= 0.6 is 0 Å². The Morgan fingerprint density at radius 1 is 0.893 bits per heavy atom. The minimum Gasteiger partial charge on any atom is -0.381 e. The van der Waals surface area contributed by atoms with Crippen molar-refractivity contribution in [2.24, 2.45) is 0 Å². The SMILES string of the molecule is CC(C)n1nc(-c2nc(-n3cccc3)c(N)nc2-c2ccccc2)ccc1=O. The maximum absolute atomic E-state index is 12.1. The zero-order chi connectivity index (χ0) is 19.7. The summed E-state index contributed by atoms with van der Waals surface area (Å²) in [5.74, 6) is 0.833. The molecule has 4 rings (SSSR count). The first kappa shape index (κ1) is 17.7. The van der Waals surface area contributed by atoms with E-state index in [1.807, 2.05) is 68.7 Å². The molecule has 0 amide bonds. The van der Waals surface area contributed by atoms with Crippen LogP contribution in [-0.2, 0) is 0 Å². The lowest BCUT2D eigenvalue weighted by Crippen LogP contribution is -2.24. The molecule has 0 aliphatic carbocycles. The summed E-state index contributed by atoms with van der Waals surface area (Å²) in [6, 6.07) is 16.6. The Bertz CT molecular complexity index is 1160.